The molecule has 5 unspecified atom stereocenters. The summed E-state index contributed by atoms with van der Waals surface area (Å²) in [7, 11) is 1.72. The van der Waals surface area contributed by atoms with E-state index in [9.17, 15) is 9.59 Å². The summed E-state index contributed by atoms with van der Waals surface area (Å²) < 4.78 is 0. The lowest BCUT2D eigenvalue weighted by Crippen LogP contribution is -2.55. The number of amides is 2. The van der Waals surface area contributed by atoms with Gasteiger partial charge in [0.2, 0.25) is 11.8 Å². The van der Waals surface area contributed by atoms with Crippen LogP contribution in [0.5, 0.6) is 0 Å². The molecular formula is C22H39N5O2S. The van der Waals surface area contributed by atoms with Crippen LogP contribution in [0.15, 0.2) is 0 Å². The molecule has 2 saturated heterocycles. The van der Waals surface area contributed by atoms with E-state index in [1.807, 2.05) is 4.90 Å². The largest absolute Gasteiger partial charge is 0.359 e. The number of carbonyl (C=O) groups excluding carboxylic acids is 2. The zero-order valence-electron chi connectivity index (χ0n) is 18.3. The van der Waals surface area contributed by atoms with E-state index in [1.165, 1.54) is 25.7 Å². The first kappa shape index (κ1) is 22.4. The van der Waals surface area contributed by atoms with Gasteiger partial charge in [0.05, 0.1) is 11.5 Å². The molecule has 4 fully saturated rings. The molecule has 2 aliphatic heterocycles. The summed E-state index contributed by atoms with van der Waals surface area (Å²) in [6.45, 7) is 2.23. The number of nitrogens with two attached hydrogens (primary N) is 1. The lowest BCUT2D eigenvalue weighted by molar-refractivity contribution is -0.135. The first-order chi connectivity index (χ1) is 14.5. The summed E-state index contributed by atoms with van der Waals surface area (Å²) in [5, 5.41) is 10.2. The minimum atomic E-state index is -0.225. The lowest BCUT2D eigenvalue weighted by Gasteiger charge is -2.40. The molecule has 0 aromatic carbocycles. The molecule has 2 heterocycles. The van der Waals surface area contributed by atoms with Gasteiger partial charge in [-0.15, -0.1) is 11.8 Å². The molecule has 0 bridgehead atoms. The molecule has 5 atom stereocenters. The number of thioether (sulfide) groups is 1. The van der Waals surface area contributed by atoms with Gasteiger partial charge < -0.3 is 26.6 Å². The van der Waals surface area contributed by atoms with E-state index >= 15 is 0 Å². The maximum absolute atomic E-state index is 13.2. The van der Waals surface area contributed by atoms with Crippen LogP contribution in [0.2, 0.25) is 0 Å². The minimum absolute atomic E-state index is 0.00207. The molecule has 7 nitrogen and oxygen atoms in total. The Balaban J connectivity index is 1.23. The van der Waals surface area contributed by atoms with Gasteiger partial charge in [-0.25, -0.2) is 0 Å². The average molecular weight is 438 g/mol. The molecule has 30 heavy (non-hydrogen) atoms. The standard InChI is InChI=1S/C22H39N5O2S/c1-24-21(29)22(8-4-9-22)13-25-14-30-19-12-27(10-7-16(19)23)20(28)18-11-15-5-2-3-6-17(15)26-18/h15-19,25-26H,2-14,23H2,1H3,(H,24,29). The molecule has 8 heteroatoms. The summed E-state index contributed by atoms with van der Waals surface area (Å²) in [6, 6.07) is 0.673. The number of piperidine rings is 1. The van der Waals surface area contributed by atoms with Crippen LogP contribution in [0.25, 0.3) is 0 Å². The second kappa shape index (κ2) is 9.76. The molecule has 2 aliphatic carbocycles. The third-order valence-corrected chi connectivity index (χ3v) is 9.26. The topological polar surface area (TPSA) is 99.5 Å². The molecule has 0 aromatic rings. The number of carbonyl (C=O) groups is 2. The number of fused-ring (bicyclic) bond motifs is 1. The SMILES string of the molecule is CNC(=O)C1(CNCSC2CN(C(=O)C3CC4CCCCC4N3)CCC2N)CCC1. The molecular weight excluding hydrogens is 398 g/mol. The third-order valence-electron chi connectivity index (χ3n) is 7.97. The molecule has 2 saturated carbocycles. The zero-order chi connectivity index (χ0) is 21.1. The number of nitrogens with one attached hydrogen (secondary N) is 3. The molecule has 0 radical (unpaired) electrons. The van der Waals surface area contributed by atoms with E-state index < -0.39 is 0 Å². The van der Waals surface area contributed by atoms with Crippen LogP contribution < -0.4 is 21.7 Å². The highest BCUT2D eigenvalue weighted by Gasteiger charge is 2.43. The van der Waals surface area contributed by atoms with Gasteiger partial charge in [-0.3, -0.25) is 9.59 Å². The maximum Gasteiger partial charge on any atom is 0.239 e. The van der Waals surface area contributed by atoms with Gasteiger partial charge in [0.25, 0.3) is 0 Å². The first-order valence-electron chi connectivity index (χ1n) is 11.9. The van der Waals surface area contributed by atoms with Crippen molar-refractivity contribution in [3.8, 4) is 0 Å². The van der Waals surface area contributed by atoms with Gasteiger partial charge in [0.15, 0.2) is 0 Å². The Morgan fingerprint density at radius 1 is 1.20 bits per heavy atom. The van der Waals surface area contributed by atoms with Crippen molar-refractivity contribution < 1.29 is 9.59 Å². The Morgan fingerprint density at radius 3 is 2.70 bits per heavy atom. The zero-order valence-corrected chi connectivity index (χ0v) is 19.1. The Morgan fingerprint density at radius 2 is 2.00 bits per heavy atom. The Kier molecular flexibility index (Phi) is 7.27. The van der Waals surface area contributed by atoms with E-state index in [0.29, 0.717) is 12.0 Å². The van der Waals surface area contributed by atoms with E-state index in [4.69, 9.17) is 5.73 Å². The maximum atomic E-state index is 13.2. The summed E-state index contributed by atoms with van der Waals surface area (Å²) in [5.74, 6) is 1.89. The van der Waals surface area contributed by atoms with Gasteiger partial charge >= 0.3 is 0 Å². The van der Waals surface area contributed by atoms with Crippen LogP contribution in [0.3, 0.4) is 0 Å². The van der Waals surface area contributed by atoms with Crippen molar-refractivity contribution in [2.24, 2.45) is 17.1 Å². The fourth-order valence-corrected chi connectivity index (χ4v) is 6.95. The summed E-state index contributed by atoms with van der Waals surface area (Å²) in [6.07, 6.45) is 10.0. The second-order valence-electron chi connectivity index (χ2n) is 9.83. The number of likely N-dealkylation sites (tertiary alicyclic amines) is 1. The van der Waals surface area contributed by atoms with Crippen LogP contribution in [-0.4, -0.2) is 72.6 Å². The fourth-order valence-electron chi connectivity index (χ4n) is 5.85. The van der Waals surface area contributed by atoms with Crippen LogP contribution in [0.1, 0.15) is 57.8 Å². The van der Waals surface area contributed by atoms with E-state index in [0.717, 1.165) is 57.6 Å². The number of hydrogen-bond donors (Lipinski definition) is 4. The predicted octanol–water partition coefficient (Wildman–Crippen LogP) is 1.03. The van der Waals surface area contributed by atoms with Crippen molar-refractivity contribution >= 4 is 23.6 Å². The molecule has 170 valence electrons. The molecule has 4 rings (SSSR count). The monoisotopic (exact) mass is 437 g/mol. The summed E-state index contributed by atoms with van der Waals surface area (Å²) in [5.41, 5.74) is 6.17. The Labute approximate surface area is 185 Å². The van der Waals surface area contributed by atoms with Crippen molar-refractivity contribution in [3.63, 3.8) is 0 Å². The number of hydrogen-bond acceptors (Lipinski definition) is 6. The van der Waals surface area contributed by atoms with Crippen molar-refractivity contribution in [1.29, 1.82) is 0 Å². The normalized spacial score (nSPS) is 35.4. The third kappa shape index (κ3) is 4.66. The van der Waals surface area contributed by atoms with Crippen molar-refractivity contribution in [2.45, 2.75) is 81.2 Å². The van der Waals surface area contributed by atoms with Crippen LogP contribution in [-0.2, 0) is 9.59 Å². The van der Waals surface area contributed by atoms with Gasteiger partial charge in [0, 0.05) is 49.9 Å². The van der Waals surface area contributed by atoms with Gasteiger partial charge in [0.1, 0.15) is 0 Å². The first-order valence-corrected chi connectivity index (χ1v) is 12.9. The number of rotatable bonds is 7. The van der Waals surface area contributed by atoms with Gasteiger partial charge in [-0.1, -0.05) is 19.3 Å². The van der Waals surface area contributed by atoms with Crippen LogP contribution >= 0.6 is 11.8 Å². The molecule has 0 spiro atoms. The highest BCUT2D eigenvalue weighted by Crippen LogP contribution is 2.40. The van der Waals surface area contributed by atoms with Crippen LogP contribution in [0.4, 0.5) is 0 Å². The second-order valence-corrected chi connectivity index (χ2v) is 11.1. The number of nitrogens with zero attached hydrogens (tertiary/aromatic N) is 1. The molecule has 2 amide bonds. The minimum Gasteiger partial charge on any atom is -0.359 e. The Bertz CT molecular complexity index is 615. The van der Waals surface area contributed by atoms with Crippen molar-refractivity contribution in [3.05, 3.63) is 0 Å². The predicted molar refractivity (Wildman–Crippen MR) is 121 cm³/mol. The van der Waals surface area contributed by atoms with Gasteiger partial charge in [-0.05, 0) is 44.4 Å². The highest BCUT2D eigenvalue weighted by molar-refractivity contribution is 7.99. The highest BCUT2D eigenvalue weighted by atomic mass is 32.2. The quantitative estimate of drug-likeness (QED) is 0.351. The molecule has 0 aromatic heterocycles. The van der Waals surface area contributed by atoms with Crippen molar-refractivity contribution in [2.75, 3.05) is 32.6 Å². The van der Waals surface area contributed by atoms with E-state index in [2.05, 4.69) is 16.0 Å². The summed E-state index contributed by atoms with van der Waals surface area (Å²) in [4.78, 5) is 27.4. The smallest absolute Gasteiger partial charge is 0.239 e. The van der Waals surface area contributed by atoms with Crippen LogP contribution in [0, 0.1) is 11.3 Å². The van der Waals surface area contributed by atoms with E-state index in [-0.39, 0.29) is 34.6 Å². The van der Waals surface area contributed by atoms with E-state index in [1.54, 1.807) is 18.8 Å². The molecule has 5 N–H and O–H groups in total. The lowest BCUT2D eigenvalue weighted by atomic mass is 9.68. The Hall–Kier alpha value is -0.830. The summed E-state index contributed by atoms with van der Waals surface area (Å²) >= 11 is 1.80. The van der Waals surface area contributed by atoms with Crippen molar-refractivity contribution in [1.82, 2.24) is 20.9 Å². The average Bonchev–Trinajstić information content (AvgIpc) is 3.17. The molecule has 4 aliphatic rings. The van der Waals surface area contributed by atoms with Gasteiger partial charge in [-0.2, -0.15) is 0 Å². The fraction of sp³-hybridized carbons (Fsp3) is 0.909.